The second-order valence-electron chi connectivity index (χ2n) is 9.90. The zero-order valence-electron chi connectivity index (χ0n) is 20.4. The molecule has 0 bridgehead atoms. The quantitative estimate of drug-likeness (QED) is 0.335. The van der Waals surface area contributed by atoms with E-state index in [4.69, 9.17) is 10.7 Å². The van der Waals surface area contributed by atoms with Gasteiger partial charge in [-0.15, -0.1) is 15.3 Å². The number of hydrogen-bond donors (Lipinski definition) is 2. The summed E-state index contributed by atoms with van der Waals surface area (Å²) < 4.78 is 29.0. The van der Waals surface area contributed by atoms with Gasteiger partial charge in [0.25, 0.3) is 5.92 Å². The summed E-state index contributed by atoms with van der Waals surface area (Å²) in [6, 6.07) is 21.4. The number of rotatable bonds is 4. The Morgan fingerprint density at radius 3 is 2.37 bits per heavy atom. The normalized spacial score (nSPS) is 16.1. The van der Waals surface area contributed by atoms with Crippen molar-refractivity contribution in [3.8, 4) is 34.0 Å². The molecule has 2 aromatic carbocycles. The molecule has 4 heterocycles. The van der Waals surface area contributed by atoms with Crippen LogP contribution in [0.1, 0.15) is 24.2 Å². The third-order valence-electron chi connectivity index (χ3n) is 7.13. The Hall–Kier alpha value is -4.57. The van der Waals surface area contributed by atoms with Crippen molar-refractivity contribution in [1.29, 1.82) is 0 Å². The zero-order chi connectivity index (χ0) is 26.1. The summed E-state index contributed by atoms with van der Waals surface area (Å²) >= 11 is 0. The Bertz CT molecular complexity index is 1820. The van der Waals surface area contributed by atoms with Gasteiger partial charge in [-0.05, 0) is 30.2 Å². The van der Waals surface area contributed by atoms with Crippen molar-refractivity contribution in [2.45, 2.75) is 31.2 Å². The molecule has 4 aromatic heterocycles. The molecule has 0 atom stereocenters. The number of nitrogens with zero attached hydrogens (tertiary/aromatic N) is 6. The van der Waals surface area contributed by atoms with Crippen molar-refractivity contribution in [2.24, 2.45) is 5.73 Å². The minimum Gasteiger partial charge on any atom is -0.321 e. The molecular formula is C28H22F2N8. The van der Waals surface area contributed by atoms with Crippen LogP contribution in [0.4, 0.5) is 8.78 Å². The van der Waals surface area contributed by atoms with Crippen LogP contribution in [0.15, 0.2) is 72.9 Å². The van der Waals surface area contributed by atoms with Gasteiger partial charge in [-0.1, -0.05) is 54.6 Å². The maximum Gasteiger partial charge on any atom is 0.252 e. The molecule has 1 aliphatic carbocycles. The van der Waals surface area contributed by atoms with Crippen molar-refractivity contribution in [2.75, 3.05) is 0 Å². The number of pyridine rings is 2. The van der Waals surface area contributed by atoms with E-state index < -0.39 is 11.5 Å². The second-order valence-corrected chi connectivity index (χ2v) is 9.90. The van der Waals surface area contributed by atoms with Gasteiger partial charge in [-0.25, -0.2) is 18.7 Å². The molecule has 0 saturated heterocycles. The number of aromatic nitrogens is 7. The lowest BCUT2D eigenvalue weighted by molar-refractivity contribution is -0.125. The standard InChI is InChI=1S/C28H22F2N8/c1-16-32-24(35-34-16)26-37-36-25-21-13-20(17-5-3-2-4-6-17)23(33-22(21)11-12-38(25)26)18-7-9-19(10-8-18)27(31)14-28(29,30)15-27/h2-13H,14-15,31H2,1H3,(H,32,34,35). The van der Waals surface area contributed by atoms with Crippen molar-refractivity contribution in [3.63, 3.8) is 0 Å². The van der Waals surface area contributed by atoms with E-state index in [0.717, 1.165) is 33.3 Å². The largest absolute Gasteiger partial charge is 0.321 e. The highest BCUT2D eigenvalue weighted by atomic mass is 19.3. The predicted molar refractivity (Wildman–Crippen MR) is 139 cm³/mol. The topological polar surface area (TPSA) is 111 Å². The van der Waals surface area contributed by atoms with Gasteiger partial charge < -0.3 is 5.73 Å². The summed E-state index contributed by atoms with van der Waals surface area (Å²) in [5.41, 5.74) is 10.9. The minimum atomic E-state index is -2.70. The lowest BCUT2D eigenvalue weighted by Gasteiger charge is -2.44. The fourth-order valence-electron chi connectivity index (χ4n) is 5.28. The first-order valence-electron chi connectivity index (χ1n) is 12.2. The average molecular weight is 509 g/mol. The van der Waals surface area contributed by atoms with Gasteiger partial charge >= 0.3 is 0 Å². The Morgan fingerprint density at radius 1 is 0.921 bits per heavy atom. The highest BCUT2D eigenvalue weighted by Gasteiger charge is 2.55. The van der Waals surface area contributed by atoms with E-state index in [-0.39, 0.29) is 12.8 Å². The van der Waals surface area contributed by atoms with Crippen LogP contribution in [0.2, 0.25) is 0 Å². The first-order chi connectivity index (χ1) is 18.3. The molecule has 7 rings (SSSR count). The Labute approximate surface area is 215 Å². The number of halogens is 2. The number of nitrogens with two attached hydrogens (primary N) is 1. The fraction of sp³-hybridized carbons (Fsp3) is 0.179. The van der Waals surface area contributed by atoms with Crippen LogP contribution in [0, 0.1) is 6.92 Å². The van der Waals surface area contributed by atoms with Crippen LogP contribution < -0.4 is 5.73 Å². The minimum absolute atomic E-state index is 0.341. The smallest absolute Gasteiger partial charge is 0.252 e. The average Bonchev–Trinajstić information content (AvgIpc) is 3.53. The van der Waals surface area contributed by atoms with Crippen molar-refractivity contribution in [3.05, 3.63) is 84.3 Å². The molecule has 188 valence electrons. The summed E-state index contributed by atoms with van der Waals surface area (Å²) in [5.74, 6) is -1.02. The first-order valence-corrected chi connectivity index (χ1v) is 12.2. The lowest BCUT2D eigenvalue weighted by atomic mass is 9.70. The fourth-order valence-corrected chi connectivity index (χ4v) is 5.28. The van der Waals surface area contributed by atoms with E-state index >= 15 is 0 Å². The van der Waals surface area contributed by atoms with Crippen molar-refractivity contribution < 1.29 is 8.78 Å². The highest BCUT2D eigenvalue weighted by molar-refractivity contribution is 5.98. The summed E-state index contributed by atoms with van der Waals surface area (Å²) in [6.07, 6.45) is 1.18. The number of alkyl halides is 2. The maximum absolute atomic E-state index is 13.6. The van der Waals surface area contributed by atoms with E-state index in [1.54, 1.807) is 0 Å². The third-order valence-corrected chi connectivity index (χ3v) is 7.13. The molecule has 1 saturated carbocycles. The number of benzene rings is 2. The number of fused-ring (bicyclic) bond motifs is 3. The SMILES string of the molecule is Cc1nc(-c2nnc3c4cc(-c5ccccc5)c(-c5ccc(C6(N)CC(F)(F)C6)cc5)nc4ccn23)n[nH]1. The molecule has 0 aliphatic heterocycles. The molecule has 3 N–H and O–H groups in total. The third kappa shape index (κ3) is 3.56. The van der Waals surface area contributed by atoms with Gasteiger partial charge in [0.05, 0.1) is 16.7 Å². The van der Waals surface area contributed by atoms with Crippen LogP contribution in [0.3, 0.4) is 0 Å². The number of hydrogen-bond acceptors (Lipinski definition) is 6. The van der Waals surface area contributed by atoms with E-state index in [0.29, 0.717) is 28.7 Å². The first kappa shape index (κ1) is 22.6. The molecule has 0 unspecified atom stereocenters. The molecule has 0 spiro atoms. The van der Waals surface area contributed by atoms with Crippen LogP contribution in [-0.4, -0.2) is 40.7 Å². The van der Waals surface area contributed by atoms with E-state index in [9.17, 15) is 8.78 Å². The monoisotopic (exact) mass is 508 g/mol. The van der Waals surface area contributed by atoms with Gasteiger partial charge in [0.1, 0.15) is 5.82 Å². The lowest BCUT2D eigenvalue weighted by Crippen LogP contribution is -2.55. The summed E-state index contributed by atoms with van der Waals surface area (Å²) in [5, 5.41) is 16.7. The van der Waals surface area contributed by atoms with Gasteiger partial charge in [0.15, 0.2) is 5.65 Å². The molecule has 8 nitrogen and oxygen atoms in total. The summed E-state index contributed by atoms with van der Waals surface area (Å²) in [7, 11) is 0. The Kier molecular flexibility index (Phi) is 4.74. The summed E-state index contributed by atoms with van der Waals surface area (Å²) in [4.78, 5) is 9.43. The van der Waals surface area contributed by atoms with Gasteiger partial charge in [-0.2, -0.15) is 0 Å². The molecule has 1 aliphatic rings. The molecule has 0 radical (unpaired) electrons. The maximum atomic E-state index is 13.6. The molecule has 0 amide bonds. The van der Waals surface area contributed by atoms with Crippen LogP contribution in [-0.2, 0) is 5.54 Å². The van der Waals surface area contributed by atoms with E-state index in [1.165, 1.54) is 0 Å². The molecule has 38 heavy (non-hydrogen) atoms. The van der Waals surface area contributed by atoms with E-state index in [1.807, 2.05) is 78.2 Å². The molecule has 1 fully saturated rings. The molecular weight excluding hydrogens is 486 g/mol. The predicted octanol–water partition coefficient (Wildman–Crippen LogP) is 5.29. The summed E-state index contributed by atoms with van der Waals surface area (Å²) in [6.45, 7) is 1.83. The number of aryl methyl sites for hydroxylation is 1. The van der Waals surface area contributed by atoms with Crippen LogP contribution in [0.25, 0.3) is 50.6 Å². The Morgan fingerprint density at radius 2 is 1.68 bits per heavy atom. The van der Waals surface area contributed by atoms with Crippen molar-refractivity contribution >= 4 is 16.6 Å². The van der Waals surface area contributed by atoms with Crippen molar-refractivity contribution in [1.82, 2.24) is 34.8 Å². The van der Waals surface area contributed by atoms with Gasteiger partial charge in [0.2, 0.25) is 11.6 Å². The Balaban J connectivity index is 1.38. The zero-order valence-corrected chi connectivity index (χ0v) is 20.4. The second kappa shape index (κ2) is 7.96. The molecule has 6 aromatic rings. The van der Waals surface area contributed by atoms with Gasteiger partial charge in [0, 0.05) is 35.6 Å². The number of H-pyrrole nitrogens is 1. The number of nitrogens with one attached hydrogen (secondary N) is 1. The highest BCUT2D eigenvalue weighted by Crippen LogP contribution is 2.50. The van der Waals surface area contributed by atoms with Crippen LogP contribution in [0.5, 0.6) is 0 Å². The van der Waals surface area contributed by atoms with E-state index in [2.05, 4.69) is 31.4 Å². The molecule has 10 heteroatoms. The number of aromatic amines is 1. The van der Waals surface area contributed by atoms with Gasteiger partial charge in [-0.3, -0.25) is 9.50 Å². The van der Waals surface area contributed by atoms with Crippen LogP contribution >= 0.6 is 0 Å².